The highest BCUT2D eigenvalue weighted by atomic mass is 32.2. The van der Waals surface area contributed by atoms with Gasteiger partial charge in [0.1, 0.15) is 0 Å². The van der Waals surface area contributed by atoms with Crippen LogP contribution < -0.4 is 10.6 Å². The average molecular weight is 450 g/mol. The van der Waals surface area contributed by atoms with E-state index in [1.807, 2.05) is 30.3 Å². The quantitative estimate of drug-likeness (QED) is 0.493. The van der Waals surface area contributed by atoms with Crippen molar-refractivity contribution in [3.05, 3.63) is 30.3 Å². The number of anilines is 2. The monoisotopic (exact) mass is 449 g/mol. The fourth-order valence-corrected chi connectivity index (χ4v) is 4.59. The van der Waals surface area contributed by atoms with Gasteiger partial charge in [0.05, 0.1) is 12.4 Å². The van der Waals surface area contributed by atoms with E-state index in [1.54, 1.807) is 11.8 Å². The van der Waals surface area contributed by atoms with Gasteiger partial charge >= 0.3 is 6.09 Å². The van der Waals surface area contributed by atoms with Crippen LogP contribution in [0.4, 0.5) is 15.6 Å². The van der Waals surface area contributed by atoms with Crippen LogP contribution in [0.2, 0.25) is 0 Å². The number of piperidine rings is 1. The van der Waals surface area contributed by atoms with Crippen LogP contribution >= 0.6 is 23.1 Å². The van der Waals surface area contributed by atoms with Crippen molar-refractivity contribution in [1.82, 2.24) is 15.1 Å². The molecule has 1 aliphatic heterocycles. The van der Waals surface area contributed by atoms with E-state index in [1.165, 1.54) is 23.1 Å². The molecule has 11 heteroatoms. The van der Waals surface area contributed by atoms with Gasteiger partial charge in [0.15, 0.2) is 4.34 Å². The van der Waals surface area contributed by atoms with Crippen molar-refractivity contribution in [2.45, 2.75) is 24.1 Å². The number of benzene rings is 1. The van der Waals surface area contributed by atoms with Crippen molar-refractivity contribution >= 4 is 51.8 Å². The first-order valence-corrected chi connectivity index (χ1v) is 11.4. The van der Waals surface area contributed by atoms with E-state index in [9.17, 15) is 14.4 Å². The minimum absolute atomic E-state index is 0.00170. The number of aromatic nitrogens is 2. The van der Waals surface area contributed by atoms with Gasteiger partial charge in [0, 0.05) is 24.7 Å². The molecule has 2 aromatic rings. The molecule has 0 saturated carbocycles. The molecule has 1 aromatic carbocycles. The first-order chi connectivity index (χ1) is 14.5. The molecule has 30 heavy (non-hydrogen) atoms. The smallest absolute Gasteiger partial charge is 0.413 e. The van der Waals surface area contributed by atoms with Crippen LogP contribution in [-0.4, -0.2) is 58.5 Å². The SMILES string of the molecule is CCOC(=O)Nc1nnc(SCC(=O)N2CCC(C(=O)Nc3ccccc3)CC2)s1. The zero-order valence-electron chi connectivity index (χ0n) is 16.5. The van der Waals surface area contributed by atoms with Gasteiger partial charge in [0.25, 0.3) is 0 Å². The molecule has 0 atom stereocenters. The minimum Gasteiger partial charge on any atom is -0.450 e. The number of thioether (sulfide) groups is 1. The Morgan fingerprint density at radius 2 is 1.90 bits per heavy atom. The molecule has 0 radical (unpaired) electrons. The van der Waals surface area contributed by atoms with E-state index in [0.717, 1.165) is 5.69 Å². The summed E-state index contributed by atoms with van der Waals surface area (Å²) in [4.78, 5) is 38.0. The summed E-state index contributed by atoms with van der Waals surface area (Å²) in [5.41, 5.74) is 0.784. The molecule has 3 amide bonds. The zero-order valence-corrected chi connectivity index (χ0v) is 18.1. The second kappa shape index (κ2) is 10.9. The van der Waals surface area contributed by atoms with Gasteiger partial charge < -0.3 is 15.0 Å². The van der Waals surface area contributed by atoms with Gasteiger partial charge in [0.2, 0.25) is 16.9 Å². The standard InChI is InChI=1S/C19H23N5O4S2/c1-2-28-18(27)21-17-22-23-19(30-17)29-12-15(25)24-10-8-13(9-11-24)16(26)20-14-6-4-3-5-7-14/h3-7,13H,2,8-12H2,1H3,(H,20,26)(H,21,22,27). The Labute approximate surface area is 182 Å². The molecule has 0 bridgehead atoms. The van der Waals surface area contributed by atoms with Crippen LogP contribution in [-0.2, 0) is 14.3 Å². The van der Waals surface area contributed by atoms with E-state index in [2.05, 4.69) is 20.8 Å². The first kappa shape index (κ1) is 22.0. The second-order valence-corrected chi connectivity index (χ2v) is 8.72. The summed E-state index contributed by atoms with van der Waals surface area (Å²) in [7, 11) is 0. The lowest BCUT2D eigenvalue weighted by molar-refractivity contribution is -0.132. The second-order valence-electron chi connectivity index (χ2n) is 6.52. The number of carbonyl (C=O) groups is 3. The highest BCUT2D eigenvalue weighted by molar-refractivity contribution is 8.01. The van der Waals surface area contributed by atoms with Gasteiger partial charge in [-0.05, 0) is 31.9 Å². The summed E-state index contributed by atoms with van der Waals surface area (Å²) in [5, 5.41) is 13.6. The molecule has 1 aliphatic rings. The van der Waals surface area contributed by atoms with Crippen molar-refractivity contribution in [2.75, 3.05) is 36.1 Å². The number of amides is 3. The Kier molecular flexibility index (Phi) is 8.03. The fourth-order valence-electron chi connectivity index (χ4n) is 2.94. The molecule has 1 fully saturated rings. The highest BCUT2D eigenvalue weighted by Gasteiger charge is 2.27. The Morgan fingerprint density at radius 1 is 1.17 bits per heavy atom. The van der Waals surface area contributed by atoms with Crippen molar-refractivity contribution in [1.29, 1.82) is 0 Å². The largest absolute Gasteiger partial charge is 0.450 e. The molecule has 1 aromatic heterocycles. The van der Waals surface area contributed by atoms with E-state index in [-0.39, 0.29) is 30.1 Å². The predicted octanol–water partition coefficient (Wildman–Crippen LogP) is 3.08. The Balaban J connectivity index is 1.40. The van der Waals surface area contributed by atoms with Crippen LogP contribution in [0.15, 0.2) is 34.7 Å². The topological polar surface area (TPSA) is 114 Å². The lowest BCUT2D eigenvalue weighted by Gasteiger charge is -2.31. The van der Waals surface area contributed by atoms with Gasteiger partial charge in [-0.3, -0.25) is 14.9 Å². The minimum atomic E-state index is -0.583. The molecule has 3 rings (SSSR count). The van der Waals surface area contributed by atoms with Crippen molar-refractivity contribution < 1.29 is 19.1 Å². The van der Waals surface area contributed by atoms with E-state index in [4.69, 9.17) is 4.74 Å². The predicted molar refractivity (Wildman–Crippen MR) is 116 cm³/mol. The third kappa shape index (κ3) is 6.42. The summed E-state index contributed by atoms with van der Waals surface area (Å²) in [5.74, 6) is 0.131. The maximum atomic E-state index is 12.5. The number of nitrogens with one attached hydrogen (secondary N) is 2. The first-order valence-electron chi connectivity index (χ1n) is 9.59. The number of para-hydroxylation sites is 1. The number of likely N-dealkylation sites (tertiary alicyclic amines) is 1. The zero-order chi connectivity index (χ0) is 21.3. The summed E-state index contributed by atoms with van der Waals surface area (Å²) >= 11 is 2.46. The number of rotatable bonds is 7. The van der Waals surface area contributed by atoms with Gasteiger partial charge in [-0.1, -0.05) is 41.3 Å². The molecule has 0 aliphatic carbocycles. The average Bonchev–Trinajstić information content (AvgIpc) is 3.20. The molecule has 0 unspecified atom stereocenters. The molecular weight excluding hydrogens is 426 g/mol. The molecule has 1 saturated heterocycles. The van der Waals surface area contributed by atoms with Gasteiger partial charge in [-0.2, -0.15) is 0 Å². The molecule has 160 valence electrons. The van der Waals surface area contributed by atoms with Crippen molar-refractivity contribution in [3.8, 4) is 0 Å². The highest BCUT2D eigenvalue weighted by Crippen LogP contribution is 2.27. The Hall–Kier alpha value is -2.66. The van der Waals surface area contributed by atoms with Crippen LogP contribution in [0.3, 0.4) is 0 Å². The van der Waals surface area contributed by atoms with Gasteiger partial charge in [-0.25, -0.2) is 4.79 Å². The summed E-state index contributed by atoms with van der Waals surface area (Å²) in [6, 6.07) is 9.37. The number of carbonyl (C=O) groups excluding carboxylic acids is 3. The Bertz CT molecular complexity index is 869. The van der Waals surface area contributed by atoms with Crippen LogP contribution in [0.1, 0.15) is 19.8 Å². The fraction of sp³-hybridized carbons (Fsp3) is 0.421. The number of nitrogens with zero attached hydrogens (tertiary/aromatic N) is 3. The van der Waals surface area contributed by atoms with Crippen LogP contribution in [0.25, 0.3) is 0 Å². The van der Waals surface area contributed by atoms with E-state index < -0.39 is 6.09 Å². The van der Waals surface area contributed by atoms with Crippen molar-refractivity contribution in [3.63, 3.8) is 0 Å². The number of hydrogen-bond acceptors (Lipinski definition) is 8. The van der Waals surface area contributed by atoms with E-state index in [0.29, 0.717) is 35.4 Å². The van der Waals surface area contributed by atoms with Crippen molar-refractivity contribution in [2.24, 2.45) is 5.92 Å². The number of hydrogen-bond donors (Lipinski definition) is 2. The Morgan fingerprint density at radius 3 is 2.60 bits per heavy atom. The molecule has 0 spiro atoms. The third-order valence-electron chi connectivity index (χ3n) is 4.47. The van der Waals surface area contributed by atoms with Crippen LogP contribution in [0.5, 0.6) is 0 Å². The normalized spacial score (nSPS) is 14.2. The summed E-state index contributed by atoms with van der Waals surface area (Å²) < 4.78 is 5.37. The maximum absolute atomic E-state index is 12.5. The number of ether oxygens (including phenoxy) is 1. The van der Waals surface area contributed by atoms with Gasteiger partial charge in [-0.15, -0.1) is 10.2 Å². The lowest BCUT2D eigenvalue weighted by Crippen LogP contribution is -2.42. The van der Waals surface area contributed by atoms with E-state index >= 15 is 0 Å². The third-order valence-corrected chi connectivity index (χ3v) is 6.43. The molecular formula is C19H23N5O4S2. The lowest BCUT2D eigenvalue weighted by atomic mass is 9.96. The molecule has 2 N–H and O–H groups in total. The molecule has 2 heterocycles. The summed E-state index contributed by atoms with van der Waals surface area (Å²) in [6.45, 7) is 3.09. The maximum Gasteiger partial charge on any atom is 0.413 e. The summed E-state index contributed by atoms with van der Waals surface area (Å²) in [6.07, 6.45) is 0.698. The van der Waals surface area contributed by atoms with Crippen LogP contribution in [0, 0.1) is 5.92 Å². The molecule has 9 nitrogen and oxygen atoms in total.